The zero-order valence-corrected chi connectivity index (χ0v) is 12.3. The standard InChI is InChI=1S/C7H4ClNO2S.C7H6N2/c1-9-6-3-2-4-7(5-6)12(8,10)11;1-9-7-4-2-3-6(8)5-7/h2-5H;2-5H,8H2. The van der Waals surface area contributed by atoms with Gasteiger partial charge in [-0.3, -0.25) is 0 Å². The van der Waals surface area contributed by atoms with Crippen molar-refractivity contribution in [3.8, 4) is 0 Å². The van der Waals surface area contributed by atoms with Gasteiger partial charge in [0.1, 0.15) is 0 Å². The van der Waals surface area contributed by atoms with Crippen LogP contribution in [0, 0.1) is 13.1 Å². The lowest BCUT2D eigenvalue weighted by Gasteiger charge is -1.94. The van der Waals surface area contributed by atoms with Crippen LogP contribution in [0.5, 0.6) is 0 Å². The van der Waals surface area contributed by atoms with Crippen LogP contribution in [-0.4, -0.2) is 8.42 Å². The third-order valence-electron chi connectivity index (χ3n) is 2.23. The third kappa shape index (κ3) is 5.53. The number of rotatable bonds is 1. The van der Waals surface area contributed by atoms with Gasteiger partial charge in [0.2, 0.25) is 0 Å². The van der Waals surface area contributed by atoms with Gasteiger partial charge in [0, 0.05) is 16.4 Å². The maximum absolute atomic E-state index is 10.8. The van der Waals surface area contributed by atoms with Crippen molar-refractivity contribution in [2.75, 3.05) is 5.73 Å². The Balaban J connectivity index is 0.000000219. The van der Waals surface area contributed by atoms with E-state index in [-0.39, 0.29) is 10.6 Å². The summed E-state index contributed by atoms with van der Waals surface area (Å²) in [7, 11) is 1.35. The van der Waals surface area contributed by atoms with Gasteiger partial charge in [0.25, 0.3) is 9.05 Å². The summed E-state index contributed by atoms with van der Waals surface area (Å²) in [6.45, 7) is 13.2. The van der Waals surface area contributed by atoms with E-state index in [0.717, 1.165) is 0 Å². The van der Waals surface area contributed by atoms with Crippen LogP contribution in [0.3, 0.4) is 0 Å². The first-order chi connectivity index (χ1) is 9.86. The van der Waals surface area contributed by atoms with Gasteiger partial charge in [-0.05, 0) is 24.3 Å². The van der Waals surface area contributed by atoms with Crippen molar-refractivity contribution in [1.82, 2.24) is 0 Å². The van der Waals surface area contributed by atoms with Crippen molar-refractivity contribution in [1.29, 1.82) is 0 Å². The minimum atomic E-state index is -3.71. The van der Waals surface area contributed by atoms with E-state index in [1.54, 1.807) is 24.3 Å². The molecule has 0 atom stereocenters. The Hall–Kier alpha value is -2.54. The molecule has 0 unspecified atom stereocenters. The number of nitrogens with zero attached hydrogens (tertiary/aromatic N) is 2. The van der Waals surface area contributed by atoms with Crippen LogP contribution in [0.1, 0.15) is 0 Å². The summed E-state index contributed by atoms with van der Waals surface area (Å²) in [4.78, 5) is 6.23. The maximum Gasteiger partial charge on any atom is 0.260 e. The molecule has 21 heavy (non-hydrogen) atoms. The Labute approximate surface area is 127 Å². The molecule has 0 heterocycles. The summed E-state index contributed by atoms with van der Waals surface area (Å²) < 4.78 is 21.5. The molecular formula is C14H10ClN3O2S. The van der Waals surface area contributed by atoms with E-state index in [9.17, 15) is 8.42 Å². The van der Waals surface area contributed by atoms with Crippen LogP contribution >= 0.6 is 10.7 Å². The Morgan fingerprint density at radius 1 is 0.952 bits per heavy atom. The fourth-order valence-corrected chi connectivity index (χ4v) is 2.09. The Bertz CT molecular complexity index is 821. The number of nitrogen functional groups attached to an aromatic ring is 1. The highest BCUT2D eigenvalue weighted by molar-refractivity contribution is 8.13. The molecule has 0 fully saturated rings. The second-order valence-electron chi connectivity index (χ2n) is 3.75. The summed E-state index contributed by atoms with van der Waals surface area (Å²) in [5, 5.41) is 0. The van der Waals surface area contributed by atoms with E-state index >= 15 is 0 Å². The molecule has 0 amide bonds. The molecule has 2 rings (SSSR count). The van der Waals surface area contributed by atoms with Gasteiger partial charge in [-0.15, -0.1) is 0 Å². The Kier molecular flexibility index (Phi) is 5.74. The van der Waals surface area contributed by atoms with Crippen LogP contribution in [0.2, 0.25) is 0 Å². The molecule has 0 aromatic heterocycles. The maximum atomic E-state index is 10.8. The summed E-state index contributed by atoms with van der Waals surface area (Å²) in [6.07, 6.45) is 0. The highest BCUT2D eigenvalue weighted by atomic mass is 35.7. The summed E-state index contributed by atoms with van der Waals surface area (Å²) >= 11 is 0. The van der Waals surface area contributed by atoms with Crippen molar-refractivity contribution in [2.45, 2.75) is 4.90 Å². The van der Waals surface area contributed by atoms with Crippen LogP contribution in [-0.2, 0) is 9.05 Å². The van der Waals surface area contributed by atoms with Crippen molar-refractivity contribution >= 4 is 36.8 Å². The van der Waals surface area contributed by atoms with E-state index < -0.39 is 9.05 Å². The van der Waals surface area contributed by atoms with E-state index in [0.29, 0.717) is 11.4 Å². The molecular weight excluding hydrogens is 310 g/mol. The van der Waals surface area contributed by atoms with Crippen molar-refractivity contribution < 1.29 is 8.42 Å². The fraction of sp³-hybridized carbons (Fsp3) is 0. The van der Waals surface area contributed by atoms with E-state index in [4.69, 9.17) is 29.6 Å². The minimum absolute atomic E-state index is 0.0438. The SMILES string of the molecule is [C-]#[N+]c1cccc(N)c1.[C-]#[N+]c1cccc(S(=O)(=O)Cl)c1. The van der Waals surface area contributed by atoms with Crippen molar-refractivity contribution in [3.05, 3.63) is 71.4 Å². The molecule has 2 aromatic carbocycles. The van der Waals surface area contributed by atoms with Crippen molar-refractivity contribution in [2.24, 2.45) is 0 Å². The molecule has 0 bridgehead atoms. The molecule has 0 aliphatic heterocycles. The van der Waals surface area contributed by atoms with Gasteiger partial charge >= 0.3 is 0 Å². The number of anilines is 1. The molecule has 106 valence electrons. The highest BCUT2D eigenvalue weighted by Gasteiger charge is 2.08. The van der Waals surface area contributed by atoms with Crippen LogP contribution in [0.25, 0.3) is 9.69 Å². The summed E-state index contributed by atoms with van der Waals surface area (Å²) in [5.74, 6) is 0. The second kappa shape index (κ2) is 7.30. The van der Waals surface area contributed by atoms with Gasteiger partial charge in [0.05, 0.1) is 18.0 Å². The first kappa shape index (κ1) is 16.5. The molecule has 2 N–H and O–H groups in total. The smallest absolute Gasteiger partial charge is 0.260 e. The molecule has 5 nitrogen and oxygen atoms in total. The fourth-order valence-electron chi connectivity index (χ4n) is 1.30. The lowest BCUT2D eigenvalue weighted by molar-refractivity contribution is 0.609. The predicted molar refractivity (Wildman–Crippen MR) is 82.9 cm³/mol. The largest absolute Gasteiger partial charge is 0.400 e. The number of hydrogen-bond acceptors (Lipinski definition) is 3. The number of nitrogens with two attached hydrogens (primary N) is 1. The molecule has 2 aromatic rings. The highest BCUT2D eigenvalue weighted by Crippen LogP contribution is 2.20. The Morgan fingerprint density at radius 3 is 1.90 bits per heavy atom. The van der Waals surface area contributed by atoms with E-state index in [2.05, 4.69) is 9.69 Å². The normalized spacial score (nSPS) is 9.67. The minimum Gasteiger partial charge on any atom is -0.400 e. The average molecular weight is 320 g/mol. The van der Waals surface area contributed by atoms with Gasteiger partial charge in [-0.1, -0.05) is 24.3 Å². The van der Waals surface area contributed by atoms with Gasteiger partial charge in [-0.25, -0.2) is 18.1 Å². The monoisotopic (exact) mass is 319 g/mol. The zero-order chi connectivity index (χ0) is 15.9. The van der Waals surface area contributed by atoms with Crippen LogP contribution in [0.4, 0.5) is 17.1 Å². The first-order valence-corrected chi connectivity index (χ1v) is 7.83. The topological polar surface area (TPSA) is 68.9 Å². The molecule has 0 aliphatic carbocycles. The Morgan fingerprint density at radius 2 is 1.48 bits per heavy atom. The molecule has 0 radical (unpaired) electrons. The number of halogens is 1. The van der Waals surface area contributed by atoms with E-state index in [1.165, 1.54) is 24.3 Å². The summed E-state index contributed by atoms with van der Waals surface area (Å²) in [6, 6.07) is 12.5. The van der Waals surface area contributed by atoms with Crippen LogP contribution < -0.4 is 5.73 Å². The molecule has 0 saturated heterocycles. The third-order valence-corrected chi connectivity index (χ3v) is 3.58. The van der Waals surface area contributed by atoms with Gasteiger partial charge in [0.15, 0.2) is 11.4 Å². The molecule has 0 spiro atoms. The number of benzene rings is 2. The zero-order valence-electron chi connectivity index (χ0n) is 10.7. The van der Waals surface area contributed by atoms with Gasteiger partial charge in [-0.2, -0.15) is 0 Å². The van der Waals surface area contributed by atoms with Gasteiger partial charge < -0.3 is 5.73 Å². The second-order valence-corrected chi connectivity index (χ2v) is 6.32. The summed E-state index contributed by atoms with van der Waals surface area (Å²) in [5.41, 5.74) is 6.89. The quantitative estimate of drug-likeness (QED) is 0.491. The van der Waals surface area contributed by atoms with Crippen molar-refractivity contribution in [3.63, 3.8) is 0 Å². The lowest BCUT2D eigenvalue weighted by Crippen LogP contribution is -1.88. The molecule has 7 heteroatoms. The average Bonchev–Trinajstić information content (AvgIpc) is 2.47. The number of hydrogen-bond donors (Lipinski definition) is 1. The predicted octanol–water partition coefficient (Wildman–Crippen LogP) is 3.98. The molecule has 0 saturated carbocycles. The van der Waals surface area contributed by atoms with Crippen LogP contribution in [0.15, 0.2) is 53.4 Å². The first-order valence-electron chi connectivity index (χ1n) is 5.52. The lowest BCUT2D eigenvalue weighted by atomic mass is 10.3. The molecule has 0 aliphatic rings. The van der Waals surface area contributed by atoms with E-state index in [1.807, 2.05) is 0 Å².